The predicted molar refractivity (Wildman–Crippen MR) is 72.8 cm³/mol. The molecular weight excluding hydrogens is 242 g/mol. The van der Waals surface area contributed by atoms with Gasteiger partial charge in [0.15, 0.2) is 0 Å². The Morgan fingerprint density at radius 1 is 1.58 bits per heavy atom. The van der Waals surface area contributed by atoms with E-state index in [4.69, 9.17) is 4.42 Å². The van der Waals surface area contributed by atoms with Crippen LogP contribution in [0.3, 0.4) is 0 Å². The lowest BCUT2D eigenvalue weighted by molar-refractivity contribution is -0.149. The molecule has 0 spiro atoms. The predicted octanol–water partition coefficient (Wildman–Crippen LogP) is 3.14. The molecule has 0 radical (unpaired) electrons. The molecule has 1 N–H and O–H groups in total. The maximum atomic E-state index is 11.5. The van der Waals surface area contributed by atoms with Gasteiger partial charge in [-0.3, -0.25) is 9.69 Å². The van der Waals surface area contributed by atoms with Gasteiger partial charge in [0, 0.05) is 12.6 Å². The minimum Gasteiger partial charge on any atom is -0.481 e. The second-order valence-electron chi connectivity index (χ2n) is 5.83. The molecule has 1 aromatic heterocycles. The Kier molecular flexibility index (Phi) is 4.30. The first-order valence-corrected chi connectivity index (χ1v) is 7.05. The van der Waals surface area contributed by atoms with Crippen LogP contribution in [-0.2, 0) is 11.3 Å². The lowest BCUT2D eigenvalue weighted by Crippen LogP contribution is -2.41. The first-order valence-electron chi connectivity index (χ1n) is 7.05. The van der Waals surface area contributed by atoms with Crippen LogP contribution in [0.1, 0.15) is 45.3 Å². The highest BCUT2D eigenvalue weighted by molar-refractivity contribution is 5.74. The zero-order chi connectivity index (χ0) is 13.9. The molecule has 1 unspecified atom stereocenters. The van der Waals surface area contributed by atoms with Crippen molar-refractivity contribution < 1.29 is 14.3 Å². The van der Waals surface area contributed by atoms with Gasteiger partial charge >= 0.3 is 5.97 Å². The van der Waals surface area contributed by atoms with Crippen molar-refractivity contribution >= 4 is 5.97 Å². The lowest BCUT2D eigenvalue weighted by atomic mass is 9.85. The van der Waals surface area contributed by atoms with Crippen molar-refractivity contribution in [1.29, 1.82) is 0 Å². The van der Waals surface area contributed by atoms with E-state index in [1.54, 1.807) is 6.26 Å². The van der Waals surface area contributed by atoms with Crippen molar-refractivity contribution in [3.8, 4) is 0 Å². The summed E-state index contributed by atoms with van der Waals surface area (Å²) in [6.45, 7) is 5.21. The number of carboxylic acid groups (broad SMARTS) is 1. The van der Waals surface area contributed by atoms with Crippen molar-refractivity contribution in [3.63, 3.8) is 0 Å². The Labute approximate surface area is 114 Å². The zero-order valence-corrected chi connectivity index (χ0v) is 11.8. The van der Waals surface area contributed by atoms with E-state index in [-0.39, 0.29) is 0 Å². The molecule has 1 heterocycles. The summed E-state index contributed by atoms with van der Waals surface area (Å²) < 4.78 is 5.39. The molecule has 19 heavy (non-hydrogen) atoms. The van der Waals surface area contributed by atoms with Gasteiger partial charge in [0.05, 0.1) is 18.2 Å². The molecular formula is C15H23NO3. The van der Waals surface area contributed by atoms with Crippen LogP contribution in [0.4, 0.5) is 0 Å². The molecule has 2 rings (SSSR count). The van der Waals surface area contributed by atoms with Crippen LogP contribution in [0.25, 0.3) is 0 Å². The molecule has 1 fully saturated rings. The van der Waals surface area contributed by atoms with Gasteiger partial charge in [-0.05, 0) is 38.3 Å². The largest absolute Gasteiger partial charge is 0.481 e. The molecule has 0 aromatic carbocycles. The number of rotatable bonds is 8. The van der Waals surface area contributed by atoms with Crippen LogP contribution in [0, 0.1) is 5.41 Å². The van der Waals surface area contributed by atoms with Crippen LogP contribution in [0.2, 0.25) is 0 Å². The van der Waals surface area contributed by atoms with Crippen LogP contribution in [0.15, 0.2) is 22.8 Å². The average Bonchev–Trinajstić information content (AvgIpc) is 3.08. The lowest BCUT2D eigenvalue weighted by Gasteiger charge is -2.32. The van der Waals surface area contributed by atoms with Crippen molar-refractivity contribution in [2.45, 2.75) is 52.1 Å². The molecule has 1 saturated carbocycles. The number of hydrogen-bond acceptors (Lipinski definition) is 3. The number of hydrogen-bond donors (Lipinski definition) is 1. The highest BCUT2D eigenvalue weighted by Gasteiger charge is 2.39. The third-order valence-corrected chi connectivity index (χ3v) is 3.87. The highest BCUT2D eigenvalue weighted by atomic mass is 16.4. The van der Waals surface area contributed by atoms with Gasteiger partial charge in [-0.15, -0.1) is 0 Å². The Morgan fingerprint density at radius 2 is 2.32 bits per heavy atom. The molecule has 1 aliphatic rings. The summed E-state index contributed by atoms with van der Waals surface area (Å²) >= 11 is 0. The smallest absolute Gasteiger partial charge is 0.310 e. The summed E-state index contributed by atoms with van der Waals surface area (Å²) in [4.78, 5) is 13.8. The average molecular weight is 265 g/mol. The van der Waals surface area contributed by atoms with Crippen molar-refractivity contribution in [2.75, 3.05) is 6.54 Å². The fraction of sp³-hybridized carbons (Fsp3) is 0.667. The van der Waals surface area contributed by atoms with E-state index in [0.717, 1.165) is 12.2 Å². The second-order valence-corrected chi connectivity index (χ2v) is 5.83. The van der Waals surface area contributed by atoms with Gasteiger partial charge in [-0.2, -0.15) is 0 Å². The van der Waals surface area contributed by atoms with Gasteiger partial charge in [0.2, 0.25) is 0 Å². The fourth-order valence-electron chi connectivity index (χ4n) is 2.61. The number of carbonyl (C=O) groups is 1. The first-order chi connectivity index (χ1) is 9.05. The third kappa shape index (κ3) is 3.60. The second kappa shape index (κ2) is 5.78. The Morgan fingerprint density at radius 3 is 2.79 bits per heavy atom. The summed E-state index contributed by atoms with van der Waals surface area (Å²) in [6.07, 6.45) is 5.61. The molecule has 1 aromatic rings. The van der Waals surface area contributed by atoms with E-state index in [9.17, 15) is 9.90 Å². The molecule has 4 heteroatoms. The van der Waals surface area contributed by atoms with Gasteiger partial charge in [0.1, 0.15) is 5.76 Å². The van der Waals surface area contributed by atoms with Crippen LogP contribution < -0.4 is 0 Å². The molecule has 0 aliphatic heterocycles. The van der Waals surface area contributed by atoms with E-state index in [0.29, 0.717) is 25.6 Å². The van der Waals surface area contributed by atoms with E-state index >= 15 is 0 Å². The van der Waals surface area contributed by atoms with Gasteiger partial charge < -0.3 is 9.52 Å². The molecule has 0 bridgehead atoms. The quantitative estimate of drug-likeness (QED) is 0.784. The number of aliphatic carboxylic acids is 1. The van der Waals surface area contributed by atoms with Crippen LogP contribution in [-0.4, -0.2) is 28.6 Å². The van der Waals surface area contributed by atoms with Crippen molar-refractivity contribution in [1.82, 2.24) is 4.90 Å². The monoisotopic (exact) mass is 265 g/mol. The molecule has 0 amide bonds. The van der Waals surface area contributed by atoms with E-state index in [1.165, 1.54) is 12.8 Å². The van der Waals surface area contributed by atoms with Crippen LogP contribution in [0.5, 0.6) is 0 Å². The summed E-state index contributed by atoms with van der Waals surface area (Å²) in [7, 11) is 0. The van der Waals surface area contributed by atoms with Gasteiger partial charge in [0.25, 0.3) is 0 Å². The molecule has 1 aliphatic carbocycles. The SMILES string of the molecule is CCCC(C)(CN(Cc1ccco1)C1CC1)C(=O)O. The van der Waals surface area contributed by atoms with Crippen molar-refractivity contribution in [2.24, 2.45) is 5.41 Å². The summed E-state index contributed by atoms with van der Waals surface area (Å²) in [6, 6.07) is 4.36. The third-order valence-electron chi connectivity index (χ3n) is 3.87. The zero-order valence-electron chi connectivity index (χ0n) is 11.8. The van der Waals surface area contributed by atoms with Crippen molar-refractivity contribution in [3.05, 3.63) is 24.2 Å². The topological polar surface area (TPSA) is 53.7 Å². The molecule has 106 valence electrons. The minimum atomic E-state index is -0.695. The number of nitrogens with zero attached hydrogens (tertiary/aromatic N) is 1. The maximum absolute atomic E-state index is 11.5. The van der Waals surface area contributed by atoms with Gasteiger partial charge in [-0.25, -0.2) is 0 Å². The van der Waals surface area contributed by atoms with E-state index in [1.807, 2.05) is 26.0 Å². The fourth-order valence-corrected chi connectivity index (χ4v) is 2.61. The first kappa shape index (κ1) is 14.1. The summed E-state index contributed by atoms with van der Waals surface area (Å²) in [5.74, 6) is 0.218. The van der Waals surface area contributed by atoms with E-state index in [2.05, 4.69) is 4.90 Å². The maximum Gasteiger partial charge on any atom is 0.310 e. The standard InChI is InChI=1S/C15H23NO3/c1-3-8-15(2,14(17)18)11-16(12-6-7-12)10-13-5-4-9-19-13/h4-5,9,12H,3,6-8,10-11H2,1-2H3,(H,17,18). The van der Waals surface area contributed by atoms with E-state index < -0.39 is 11.4 Å². The minimum absolute atomic E-state index is 0.528. The van der Waals surface area contributed by atoms with Crippen LogP contribution >= 0.6 is 0 Å². The Balaban J connectivity index is 2.04. The summed E-state index contributed by atoms with van der Waals surface area (Å²) in [5.41, 5.74) is -0.663. The molecule has 4 nitrogen and oxygen atoms in total. The highest BCUT2D eigenvalue weighted by Crippen LogP contribution is 2.33. The number of furan rings is 1. The Bertz CT molecular complexity index is 411. The molecule has 0 saturated heterocycles. The normalized spacial score (nSPS) is 18.5. The Hall–Kier alpha value is -1.29. The molecule has 1 atom stereocenters. The number of carboxylic acids is 1. The van der Waals surface area contributed by atoms with Gasteiger partial charge in [-0.1, -0.05) is 13.3 Å². The summed E-state index contributed by atoms with van der Waals surface area (Å²) in [5, 5.41) is 9.49.